The number of imidazole rings is 1. The van der Waals surface area contributed by atoms with Crippen LogP contribution in [0.5, 0.6) is 5.75 Å². The van der Waals surface area contributed by atoms with Gasteiger partial charge >= 0.3 is 0 Å². The van der Waals surface area contributed by atoms with Crippen molar-refractivity contribution in [2.45, 2.75) is 39.8 Å². The average Bonchev–Trinajstić information content (AvgIpc) is 3.29. The molecule has 5 heteroatoms. The van der Waals surface area contributed by atoms with Crippen molar-refractivity contribution in [1.29, 1.82) is 0 Å². The Morgan fingerprint density at radius 3 is 2.61 bits per heavy atom. The summed E-state index contributed by atoms with van der Waals surface area (Å²) in [4.78, 5) is 12.6. The molecule has 4 rings (SSSR count). The molecule has 0 atom stereocenters. The second-order valence-corrected chi connectivity index (χ2v) is 7.19. The molecule has 2 heterocycles. The number of nitrogens with zero attached hydrogens (tertiary/aromatic N) is 2. The van der Waals surface area contributed by atoms with Gasteiger partial charge in [-0.05, 0) is 56.7 Å². The Balaban J connectivity index is 1.54. The number of ether oxygens (including phenoxy) is 1. The summed E-state index contributed by atoms with van der Waals surface area (Å²) in [6.45, 7) is 5.99. The van der Waals surface area contributed by atoms with E-state index in [1.165, 1.54) is 11.4 Å². The van der Waals surface area contributed by atoms with Crippen LogP contribution >= 0.6 is 0 Å². The number of hydrogen-bond acceptors (Lipinski definition) is 2. The normalized spacial score (nSPS) is 12.6. The minimum atomic E-state index is -0.00704. The number of amides is 1. The number of hydrogen-bond donors (Lipinski definition) is 1. The molecule has 28 heavy (non-hydrogen) atoms. The van der Waals surface area contributed by atoms with Gasteiger partial charge in [0.2, 0.25) is 0 Å². The highest BCUT2D eigenvalue weighted by atomic mass is 16.5. The molecule has 0 saturated carbocycles. The van der Waals surface area contributed by atoms with Crippen LogP contribution in [0.3, 0.4) is 0 Å². The van der Waals surface area contributed by atoms with E-state index in [2.05, 4.69) is 32.8 Å². The third kappa shape index (κ3) is 3.79. The molecule has 0 unspecified atom stereocenters. The van der Waals surface area contributed by atoms with Gasteiger partial charge < -0.3 is 10.1 Å². The first kappa shape index (κ1) is 18.3. The number of aryl methyl sites for hydroxylation is 1. The van der Waals surface area contributed by atoms with Gasteiger partial charge in [-0.3, -0.25) is 4.79 Å². The molecular weight excluding hydrogens is 350 g/mol. The highest BCUT2D eigenvalue weighted by molar-refractivity contribution is 5.89. The zero-order valence-corrected chi connectivity index (χ0v) is 16.4. The Kier molecular flexibility index (Phi) is 5.15. The lowest BCUT2D eigenvalue weighted by atomic mass is 10.1. The number of carbonyl (C=O) groups is 1. The summed E-state index contributed by atoms with van der Waals surface area (Å²) in [5.74, 6) is 2.08. The predicted octanol–water partition coefficient (Wildman–Crippen LogP) is 3.73. The average molecular weight is 376 g/mol. The molecular formula is C23H26N3O2+. The van der Waals surface area contributed by atoms with Crippen LogP contribution in [-0.4, -0.2) is 17.1 Å². The van der Waals surface area contributed by atoms with Gasteiger partial charge in [0.05, 0.1) is 19.6 Å². The van der Waals surface area contributed by atoms with Crippen molar-refractivity contribution in [2.24, 2.45) is 0 Å². The Labute approximate surface area is 165 Å². The molecule has 0 spiro atoms. The summed E-state index contributed by atoms with van der Waals surface area (Å²) in [5.41, 5.74) is 4.30. The Morgan fingerprint density at radius 1 is 1.14 bits per heavy atom. The largest absolute Gasteiger partial charge is 0.494 e. The zero-order valence-electron chi connectivity index (χ0n) is 16.4. The van der Waals surface area contributed by atoms with E-state index in [-0.39, 0.29) is 5.91 Å². The van der Waals surface area contributed by atoms with Gasteiger partial charge in [-0.25, -0.2) is 9.13 Å². The van der Waals surface area contributed by atoms with Gasteiger partial charge in [-0.1, -0.05) is 17.7 Å². The third-order valence-electron chi connectivity index (χ3n) is 5.10. The van der Waals surface area contributed by atoms with Gasteiger partial charge in [0.15, 0.2) is 12.2 Å². The molecule has 5 nitrogen and oxygen atoms in total. The maximum absolute atomic E-state index is 12.6. The van der Waals surface area contributed by atoms with Crippen molar-refractivity contribution < 1.29 is 14.1 Å². The molecule has 1 aromatic heterocycles. The fourth-order valence-electron chi connectivity index (χ4n) is 3.76. The van der Waals surface area contributed by atoms with Crippen molar-refractivity contribution in [2.75, 3.05) is 11.9 Å². The Morgan fingerprint density at radius 2 is 1.89 bits per heavy atom. The molecule has 1 aliphatic rings. The summed E-state index contributed by atoms with van der Waals surface area (Å²) in [6.07, 6.45) is 4.20. The first-order chi connectivity index (χ1) is 13.6. The molecule has 0 fully saturated rings. The lowest BCUT2D eigenvalue weighted by Gasteiger charge is -2.04. The SMILES string of the molecule is CCOc1ccc(-c2c[n+](CC(=O)Nc3ccc(C)cc3)c3n2CCC3)cc1. The highest BCUT2D eigenvalue weighted by Crippen LogP contribution is 2.26. The molecule has 0 bridgehead atoms. The second kappa shape index (κ2) is 7.89. The van der Waals surface area contributed by atoms with Crippen LogP contribution in [0.25, 0.3) is 11.3 Å². The lowest BCUT2D eigenvalue weighted by molar-refractivity contribution is -0.690. The highest BCUT2D eigenvalue weighted by Gasteiger charge is 2.29. The fourth-order valence-corrected chi connectivity index (χ4v) is 3.76. The van der Waals surface area contributed by atoms with Crippen LogP contribution in [0, 0.1) is 6.92 Å². The number of rotatable bonds is 6. The topological polar surface area (TPSA) is 47.1 Å². The van der Waals surface area contributed by atoms with Crippen molar-refractivity contribution in [3.63, 3.8) is 0 Å². The number of aromatic nitrogens is 2. The number of benzene rings is 2. The van der Waals surface area contributed by atoms with E-state index < -0.39 is 0 Å². The fraction of sp³-hybridized carbons (Fsp3) is 0.304. The van der Waals surface area contributed by atoms with Crippen molar-refractivity contribution in [1.82, 2.24) is 4.57 Å². The quantitative estimate of drug-likeness (QED) is 0.666. The lowest BCUT2D eigenvalue weighted by Crippen LogP contribution is -2.42. The van der Waals surface area contributed by atoms with E-state index in [0.717, 1.165) is 42.1 Å². The molecule has 0 radical (unpaired) electrons. The zero-order chi connectivity index (χ0) is 19.5. The number of fused-ring (bicyclic) bond motifs is 1. The van der Waals surface area contributed by atoms with Crippen LogP contribution in [-0.2, 0) is 24.3 Å². The van der Waals surface area contributed by atoms with Crippen molar-refractivity contribution in [3.8, 4) is 17.0 Å². The molecule has 1 N–H and O–H groups in total. The Hall–Kier alpha value is -3.08. The van der Waals surface area contributed by atoms with Gasteiger partial charge in [0.25, 0.3) is 11.7 Å². The van der Waals surface area contributed by atoms with Crippen molar-refractivity contribution >= 4 is 11.6 Å². The minimum Gasteiger partial charge on any atom is -0.494 e. The predicted molar refractivity (Wildman–Crippen MR) is 109 cm³/mol. The molecule has 0 saturated heterocycles. The molecule has 3 aromatic rings. The van der Waals surface area contributed by atoms with Gasteiger partial charge in [0.1, 0.15) is 11.9 Å². The molecule has 2 aromatic carbocycles. The van der Waals surface area contributed by atoms with E-state index in [9.17, 15) is 4.79 Å². The van der Waals surface area contributed by atoms with Gasteiger partial charge in [0, 0.05) is 11.3 Å². The summed E-state index contributed by atoms with van der Waals surface area (Å²) < 4.78 is 9.96. The summed E-state index contributed by atoms with van der Waals surface area (Å²) in [7, 11) is 0. The molecule has 1 aliphatic heterocycles. The van der Waals surface area contributed by atoms with Crippen LogP contribution in [0.4, 0.5) is 5.69 Å². The third-order valence-corrected chi connectivity index (χ3v) is 5.10. The second-order valence-electron chi connectivity index (χ2n) is 7.19. The van der Waals surface area contributed by atoms with Crippen LogP contribution in [0.2, 0.25) is 0 Å². The van der Waals surface area contributed by atoms with E-state index >= 15 is 0 Å². The Bertz CT molecular complexity index is 972. The minimum absolute atomic E-state index is 0.00704. The van der Waals surface area contributed by atoms with Gasteiger partial charge in [-0.2, -0.15) is 0 Å². The molecule has 0 aliphatic carbocycles. The van der Waals surface area contributed by atoms with E-state index in [4.69, 9.17) is 4.74 Å². The molecule has 1 amide bonds. The first-order valence-corrected chi connectivity index (χ1v) is 9.85. The van der Waals surface area contributed by atoms with Crippen LogP contribution < -0.4 is 14.6 Å². The number of nitrogens with one attached hydrogen (secondary N) is 1. The van der Waals surface area contributed by atoms with Gasteiger partial charge in [-0.15, -0.1) is 0 Å². The first-order valence-electron chi connectivity index (χ1n) is 9.85. The van der Waals surface area contributed by atoms with E-state index in [1.807, 2.05) is 50.2 Å². The van der Waals surface area contributed by atoms with Crippen LogP contribution in [0.1, 0.15) is 24.7 Å². The monoisotopic (exact) mass is 376 g/mol. The van der Waals surface area contributed by atoms with E-state index in [0.29, 0.717) is 13.2 Å². The standard InChI is InChI=1S/C23H25N3O2/c1-3-28-20-12-8-18(9-13-20)21-15-25(23-5-4-14-26(21)23)16-22(27)24-19-10-6-17(2)7-11-19/h6-13,15H,3-5,14,16H2,1-2H3/p+1. The molecule has 144 valence electrons. The van der Waals surface area contributed by atoms with Crippen molar-refractivity contribution in [3.05, 3.63) is 66.1 Å². The maximum atomic E-state index is 12.6. The number of anilines is 1. The summed E-state index contributed by atoms with van der Waals surface area (Å²) in [6, 6.07) is 16.1. The summed E-state index contributed by atoms with van der Waals surface area (Å²) >= 11 is 0. The van der Waals surface area contributed by atoms with Crippen LogP contribution in [0.15, 0.2) is 54.7 Å². The summed E-state index contributed by atoms with van der Waals surface area (Å²) in [5, 5.41) is 2.99. The maximum Gasteiger partial charge on any atom is 0.266 e. The number of carbonyl (C=O) groups excluding carboxylic acids is 1. The van der Waals surface area contributed by atoms with E-state index in [1.54, 1.807) is 0 Å². The smallest absolute Gasteiger partial charge is 0.266 e.